The maximum atomic E-state index is 13.3. The monoisotopic (exact) mass is 407 g/mol. The van der Waals surface area contributed by atoms with E-state index in [4.69, 9.17) is 4.98 Å². The third-order valence-corrected chi connectivity index (χ3v) is 4.94. The van der Waals surface area contributed by atoms with Crippen molar-refractivity contribution < 1.29 is 4.79 Å². The van der Waals surface area contributed by atoms with Crippen LogP contribution < -0.4 is 5.32 Å². The Morgan fingerprint density at radius 3 is 2.58 bits per heavy atom. The summed E-state index contributed by atoms with van der Waals surface area (Å²) in [5.41, 5.74) is 4.36. The number of benzene rings is 2. The Kier molecular flexibility index (Phi) is 4.64. The Morgan fingerprint density at radius 1 is 0.935 bits per heavy atom. The van der Waals surface area contributed by atoms with Crippen molar-refractivity contribution in [2.45, 2.75) is 0 Å². The topological polar surface area (TPSA) is 98.5 Å². The van der Waals surface area contributed by atoms with E-state index in [0.29, 0.717) is 22.8 Å². The van der Waals surface area contributed by atoms with Gasteiger partial charge in [0.15, 0.2) is 5.82 Å². The van der Waals surface area contributed by atoms with Crippen molar-refractivity contribution in [2.75, 3.05) is 5.32 Å². The number of nitrogens with zero attached hydrogens (tertiary/aromatic N) is 6. The SMILES string of the molecule is Cn1nnnc1-c1cccc(NC(=O)c2cc(-c3ccncc3)nc3ccccc23)c1. The van der Waals surface area contributed by atoms with E-state index in [1.165, 1.54) is 0 Å². The molecule has 0 saturated carbocycles. The minimum absolute atomic E-state index is 0.220. The molecule has 8 nitrogen and oxygen atoms in total. The van der Waals surface area contributed by atoms with E-state index < -0.39 is 0 Å². The number of hydrogen-bond acceptors (Lipinski definition) is 6. The number of rotatable bonds is 4. The van der Waals surface area contributed by atoms with Crippen LogP contribution in [0.1, 0.15) is 10.4 Å². The zero-order valence-corrected chi connectivity index (χ0v) is 16.6. The first kappa shape index (κ1) is 18.6. The van der Waals surface area contributed by atoms with Gasteiger partial charge in [0, 0.05) is 41.6 Å². The fraction of sp³-hybridized carbons (Fsp3) is 0.0435. The van der Waals surface area contributed by atoms with E-state index in [-0.39, 0.29) is 5.91 Å². The molecular weight excluding hydrogens is 390 g/mol. The fourth-order valence-electron chi connectivity index (χ4n) is 3.44. The summed E-state index contributed by atoms with van der Waals surface area (Å²) in [7, 11) is 1.77. The lowest BCUT2D eigenvalue weighted by Gasteiger charge is -2.11. The van der Waals surface area contributed by atoms with Gasteiger partial charge < -0.3 is 5.32 Å². The van der Waals surface area contributed by atoms with Crippen molar-refractivity contribution in [3.05, 3.63) is 84.7 Å². The van der Waals surface area contributed by atoms with Crippen LogP contribution in [-0.2, 0) is 7.05 Å². The van der Waals surface area contributed by atoms with Crippen molar-refractivity contribution in [1.82, 2.24) is 30.2 Å². The van der Waals surface area contributed by atoms with Gasteiger partial charge in [0.25, 0.3) is 5.91 Å². The summed E-state index contributed by atoms with van der Waals surface area (Å²) in [6.07, 6.45) is 3.41. The summed E-state index contributed by atoms with van der Waals surface area (Å²) in [5.74, 6) is 0.396. The molecule has 0 aliphatic carbocycles. The number of pyridine rings is 2. The molecule has 3 heterocycles. The number of hydrogen-bond donors (Lipinski definition) is 1. The molecule has 0 spiro atoms. The number of nitrogens with one attached hydrogen (secondary N) is 1. The first-order valence-electron chi connectivity index (χ1n) is 9.63. The molecule has 8 heteroatoms. The first-order valence-corrected chi connectivity index (χ1v) is 9.63. The lowest BCUT2D eigenvalue weighted by molar-refractivity contribution is 0.102. The molecule has 3 aromatic heterocycles. The second kappa shape index (κ2) is 7.75. The standard InChI is InChI=1S/C23H17N7O/c1-30-22(27-28-29-30)16-5-4-6-17(13-16)25-23(31)19-14-21(15-9-11-24-12-10-15)26-20-8-3-2-7-18(19)20/h2-14H,1H3,(H,25,31). The number of para-hydroxylation sites is 1. The van der Waals surface area contributed by atoms with Gasteiger partial charge in [-0.1, -0.05) is 30.3 Å². The number of fused-ring (bicyclic) bond motifs is 1. The van der Waals surface area contributed by atoms with Crippen LogP contribution in [0.4, 0.5) is 5.69 Å². The summed E-state index contributed by atoms with van der Waals surface area (Å²) in [5, 5.41) is 15.3. The van der Waals surface area contributed by atoms with E-state index in [1.807, 2.05) is 66.7 Å². The molecule has 5 rings (SSSR count). The molecular formula is C23H17N7O. The smallest absolute Gasteiger partial charge is 0.256 e. The normalized spacial score (nSPS) is 10.9. The van der Waals surface area contributed by atoms with Gasteiger partial charge in [-0.2, -0.15) is 0 Å². The van der Waals surface area contributed by atoms with Crippen molar-refractivity contribution in [3.8, 4) is 22.6 Å². The molecule has 0 aliphatic heterocycles. The minimum atomic E-state index is -0.220. The summed E-state index contributed by atoms with van der Waals surface area (Å²) in [6.45, 7) is 0. The van der Waals surface area contributed by atoms with Crippen molar-refractivity contribution in [3.63, 3.8) is 0 Å². The van der Waals surface area contributed by atoms with Gasteiger partial charge in [-0.15, -0.1) is 5.10 Å². The molecule has 1 amide bonds. The predicted molar refractivity (Wildman–Crippen MR) is 117 cm³/mol. The Morgan fingerprint density at radius 2 is 1.77 bits per heavy atom. The van der Waals surface area contributed by atoms with Gasteiger partial charge in [-0.3, -0.25) is 9.78 Å². The Bertz CT molecular complexity index is 1400. The largest absolute Gasteiger partial charge is 0.322 e. The first-order chi connectivity index (χ1) is 15.2. The van der Waals surface area contributed by atoms with E-state index in [2.05, 4.69) is 25.8 Å². The van der Waals surface area contributed by atoms with Gasteiger partial charge in [0.05, 0.1) is 16.8 Å². The van der Waals surface area contributed by atoms with Crippen molar-refractivity contribution >= 4 is 22.5 Å². The molecule has 0 aliphatic rings. The third kappa shape index (κ3) is 3.62. The molecule has 0 atom stereocenters. The third-order valence-electron chi connectivity index (χ3n) is 4.94. The number of aromatic nitrogens is 6. The fourth-order valence-corrected chi connectivity index (χ4v) is 3.44. The van der Waals surface area contributed by atoms with E-state index >= 15 is 0 Å². The zero-order valence-electron chi connectivity index (χ0n) is 16.6. The Labute approximate surface area is 177 Å². The van der Waals surface area contributed by atoms with Gasteiger partial charge in [-0.25, -0.2) is 9.67 Å². The highest BCUT2D eigenvalue weighted by Gasteiger charge is 2.15. The van der Waals surface area contributed by atoms with Crippen molar-refractivity contribution in [1.29, 1.82) is 0 Å². The summed E-state index contributed by atoms with van der Waals surface area (Å²) >= 11 is 0. The number of amides is 1. The van der Waals surface area contributed by atoms with Crippen LogP contribution in [0.25, 0.3) is 33.5 Å². The van der Waals surface area contributed by atoms with Crippen molar-refractivity contribution in [2.24, 2.45) is 7.05 Å². The highest BCUT2D eigenvalue weighted by Crippen LogP contribution is 2.26. The molecule has 31 heavy (non-hydrogen) atoms. The predicted octanol–water partition coefficient (Wildman–Crippen LogP) is 3.74. The minimum Gasteiger partial charge on any atom is -0.322 e. The molecule has 0 fully saturated rings. The highest BCUT2D eigenvalue weighted by atomic mass is 16.1. The van der Waals surface area contributed by atoms with Crippen LogP contribution in [-0.4, -0.2) is 36.1 Å². The maximum absolute atomic E-state index is 13.3. The average molecular weight is 407 g/mol. The Hall–Kier alpha value is -4.46. The van der Waals surface area contributed by atoms with Crippen LogP contribution in [0, 0.1) is 0 Å². The molecule has 1 N–H and O–H groups in total. The van der Waals surface area contributed by atoms with E-state index in [0.717, 1.165) is 22.0 Å². The number of tetrazole rings is 1. The molecule has 0 radical (unpaired) electrons. The van der Waals surface area contributed by atoms with Gasteiger partial charge in [0.1, 0.15) is 0 Å². The molecule has 2 aromatic carbocycles. The summed E-state index contributed by atoms with van der Waals surface area (Å²) in [4.78, 5) is 22.1. The van der Waals surface area contributed by atoms with Crippen LogP contribution in [0.2, 0.25) is 0 Å². The number of aryl methyl sites for hydroxylation is 1. The second-order valence-electron chi connectivity index (χ2n) is 6.97. The Balaban J connectivity index is 1.54. The molecule has 0 unspecified atom stereocenters. The molecule has 150 valence electrons. The number of carbonyl (C=O) groups is 1. The van der Waals surface area contributed by atoms with E-state index in [9.17, 15) is 4.79 Å². The molecule has 0 saturated heterocycles. The highest BCUT2D eigenvalue weighted by molar-refractivity contribution is 6.13. The van der Waals surface area contributed by atoms with E-state index in [1.54, 1.807) is 24.1 Å². The lowest BCUT2D eigenvalue weighted by atomic mass is 10.0. The average Bonchev–Trinajstić information content (AvgIpc) is 3.25. The van der Waals surface area contributed by atoms with Gasteiger partial charge in [0.2, 0.25) is 0 Å². The summed E-state index contributed by atoms with van der Waals surface area (Å²) < 4.78 is 1.58. The van der Waals surface area contributed by atoms with Crippen LogP contribution in [0.3, 0.4) is 0 Å². The summed E-state index contributed by atoms with van der Waals surface area (Å²) in [6, 6.07) is 20.6. The van der Waals surface area contributed by atoms with Crippen LogP contribution in [0.5, 0.6) is 0 Å². The zero-order chi connectivity index (χ0) is 21.2. The number of anilines is 1. The quantitative estimate of drug-likeness (QED) is 0.487. The number of carbonyl (C=O) groups excluding carboxylic acids is 1. The lowest BCUT2D eigenvalue weighted by Crippen LogP contribution is -2.13. The molecule has 0 bridgehead atoms. The van der Waals surface area contributed by atoms with Crippen LogP contribution in [0.15, 0.2) is 79.1 Å². The van der Waals surface area contributed by atoms with Gasteiger partial charge in [-0.05, 0) is 46.8 Å². The second-order valence-corrected chi connectivity index (χ2v) is 6.97. The molecule has 5 aromatic rings. The van der Waals surface area contributed by atoms with Gasteiger partial charge >= 0.3 is 0 Å². The maximum Gasteiger partial charge on any atom is 0.256 e. The van der Waals surface area contributed by atoms with Crippen LogP contribution >= 0.6 is 0 Å².